The Kier molecular flexibility index (Phi) is 7.12. The van der Waals surface area contributed by atoms with E-state index < -0.39 is 54.5 Å². The van der Waals surface area contributed by atoms with Crippen molar-refractivity contribution in [2.75, 3.05) is 22.3 Å². The number of carboxylic acid groups (broad SMARTS) is 1. The highest BCUT2D eigenvalue weighted by molar-refractivity contribution is 7.93. The number of nitrogens with zero attached hydrogens (tertiary/aromatic N) is 4. The van der Waals surface area contributed by atoms with E-state index in [0.717, 1.165) is 15.4 Å². The molecule has 0 bridgehead atoms. The van der Waals surface area contributed by atoms with Crippen LogP contribution in [0.4, 0.5) is 25.0 Å². The summed E-state index contributed by atoms with van der Waals surface area (Å²) in [4.78, 5) is 12.6. The molecular weight excluding hydrogens is 548 g/mol. The predicted octanol–water partition coefficient (Wildman–Crippen LogP) is 2.91. The molecule has 2 N–H and O–H groups in total. The van der Waals surface area contributed by atoms with Crippen LogP contribution in [-0.4, -0.2) is 67.8 Å². The van der Waals surface area contributed by atoms with Crippen molar-refractivity contribution in [3.8, 4) is 5.75 Å². The van der Waals surface area contributed by atoms with Crippen molar-refractivity contribution < 1.29 is 40.3 Å². The van der Waals surface area contributed by atoms with Crippen molar-refractivity contribution in [3.05, 3.63) is 30.1 Å². The fourth-order valence-electron chi connectivity index (χ4n) is 4.24. The molecule has 210 valence electrons. The zero-order valence-electron chi connectivity index (χ0n) is 21.1. The molecule has 0 spiro atoms. The monoisotopic (exact) mass is 577 g/mol. The zero-order valence-corrected chi connectivity index (χ0v) is 22.8. The molecule has 0 saturated heterocycles. The van der Waals surface area contributed by atoms with Crippen LogP contribution in [0.1, 0.15) is 45.9 Å². The predicted molar refractivity (Wildman–Crippen MR) is 134 cm³/mol. The van der Waals surface area contributed by atoms with Gasteiger partial charge in [0.25, 0.3) is 10.0 Å². The lowest BCUT2D eigenvalue weighted by molar-refractivity contribution is 0.0541. The van der Waals surface area contributed by atoms with Crippen molar-refractivity contribution >= 4 is 37.5 Å². The van der Waals surface area contributed by atoms with Crippen LogP contribution in [0.5, 0.6) is 5.75 Å². The Morgan fingerprint density at radius 1 is 1.26 bits per heavy atom. The van der Waals surface area contributed by atoms with Gasteiger partial charge in [0.15, 0.2) is 0 Å². The van der Waals surface area contributed by atoms with Crippen LogP contribution in [0, 0.1) is 6.92 Å². The summed E-state index contributed by atoms with van der Waals surface area (Å²) < 4.78 is 88.4. The van der Waals surface area contributed by atoms with Gasteiger partial charge < -0.3 is 9.84 Å². The summed E-state index contributed by atoms with van der Waals surface area (Å²) in [5.74, 6) is 0.0531. The highest BCUT2D eigenvalue weighted by Gasteiger charge is 2.40. The lowest BCUT2D eigenvalue weighted by Crippen LogP contribution is -2.49. The average Bonchev–Trinajstić information content (AvgIpc) is 3.58. The maximum Gasteiger partial charge on any atom is 0.412 e. The third kappa shape index (κ3) is 5.29. The molecule has 1 aliphatic carbocycles. The summed E-state index contributed by atoms with van der Waals surface area (Å²) in [5, 5.41) is 12.8. The lowest BCUT2D eigenvalue weighted by atomic mass is 10.0. The Hall–Kier alpha value is -2.98. The molecule has 38 heavy (non-hydrogen) atoms. The van der Waals surface area contributed by atoms with Crippen LogP contribution in [-0.2, 0) is 20.0 Å². The maximum atomic E-state index is 13.8. The van der Waals surface area contributed by atoms with Crippen molar-refractivity contribution in [1.82, 2.24) is 14.5 Å². The summed E-state index contributed by atoms with van der Waals surface area (Å²) in [6, 6.07) is 4.16. The van der Waals surface area contributed by atoms with Crippen LogP contribution in [0.15, 0.2) is 29.3 Å². The van der Waals surface area contributed by atoms with E-state index in [2.05, 4.69) is 9.82 Å². The maximum absolute atomic E-state index is 13.8. The Labute approximate surface area is 219 Å². The molecule has 2 aliphatic rings. The third-order valence-corrected chi connectivity index (χ3v) is 10.0. The number of fused-ring (bicyclic) bond motifs is 1. The topological polar surface area (TPSA) is 151 Å². The second-order valence-corrected chi connectivity index (χ2v) is 14.0. The minimum absolute atomic E-state index is 0.0245. The summed E-state index contributed by atoms with van der Waals surface area (Å²) in [6.45, 7) is 2.51. The van der Waals surface area contributed by atoms with Crippen molar-refractivity contribution in [2.45, 2.75) is 68.9 Å². The van der Waals surface area contributed by atoms with Crippen LogP contribution in [0.2, 0.25) is 0 Å². The van der Waals surface area contributed by atoms with Crippen LogP contribution in [0.25, 0.3) is 0 Å². The van der Waals surface area contributed by atoms with Gasteiger partial charge in [0, 0.05) is 12.1 Å². The van der Waals surface area contributed by atoms with Crippen molar-refractivity contribution in [2.24, 2.45) is 0 Å². The molecule has 1 aromatic carbocycles. The molecule has 2 aromatic rings. The van der Waals surface area contributed by atoms with E-state index in [9.17, 15) is 35.5 Å². The summed E-state index contributed by atoms with van der Waals surface area (Å²) in [7, 11) is -8.11. The number of ether oxygens (including phenoxy) is 1. The van der Waals surface area contributed by atoms with Gasteiger partial charge in [0.2, 0.25) is 10.0 Å². The number of anilines is 2. The Bertz CT molecular complexity index is 1450. The van der Waals surface area contributed by atoms with E-state index in [1.165, 1.54) is 25.1 Å². The second kappa shape index (κ2) is 9.64. The fourth-order valence-corrected chi connectivity index (χ4v) is 7.30. The molecule has 1 amide bonds. The van der Waals surface area contributed by atoms with Gasteiger partial charge in [-0.15, -0.1) is 0 Å². The standard InChI is InChI=1S/C22H29F2N5O7S2/c1-13-19(11-25-29(13)20(23)24)38(34,35)27-12-15(10-26-37(32,33)16-6-7-16)36-18-8-5-14(9-17(18)27)28(21(30)31)22(2,3)4/h5,8-9,11,15-16,20,26H,6-7,10,12H2,1-4H3,(H,30,31)/t15-/m0/s1. The molecule has 0 radical (unpaired) electrons. The molecule has 1 saturated carbocycles. The molecule has 4 rings (SSSR count). The molecule has 1 atom stereocenters. The Morgan fingerprint density at radius 2 is 1.92 bits per heavy atom. The molecule has 1 aliphatic heterocycles. The molecule has 12 nitrogen and oxygen atoms in total. The average molecular weight is 578 g/mol. The SMILES string of the molecule is Cc1c(S(=O)(=O)N2C[C@H](CNS(=O)(=O)C3CC3)Oc3ccc(N(C(=O)O)C(C)(C)C)cc32)cnn1C(F)F. The van der Waals surface area contributed by atoms with Gasteiger partial charge in [-0.05, 0) is 58.7 Å². The van der Waals surface area contributed by atoms with E-state index in [1.54, 1.807) is 20.8 Å². The molecule has 2 heterocycles. The number of hydrogen-bond acceptors (Lipinski definition) is 7. The van der Waals surface area contributed by atoms with E-state index in [4.69, 9.17) is 4.74 Å². The summed E-state index contributed by atoms with van der Waals surface area (Å²) in [6.07, 6.45) is -0.341. The highest BCUT2D eigenvalue weighted by Crippen LogP contribution is 2.41. The largest absolute Gasteiger partial charge is 0.485 e. The Balaban J connectivity index is 1.78. The first-order valence-electron chi connectivity index (χ1n) is 11.7. The minimum Gasteiger partial charge on any atom is -0.485 e. The number of hydrogen-bond donors (Lipinski definition) is 2. The molecular formula is C22H29F2N5O7S2. The van der Waals surface area contributed by atoms with E-state index in [-0.39, 0.29) is 40.6 Å². The van der Waals surface area contributed by atoms with Gasteiger partial charge in [-0.25, -0.2) is 31.0 Å². The molecule has 1 fully saturated rings. The van der Waals surface area contributed by atoms with E-state index in [0.29, 0.717) is 12.8 Å². The number of benzene rings is 1. The first-order valence-corrected chi connectivity index (χ1v) is 14.7. The third-order valence-electron chi connectivity index (χ3n) is 6.22. The summed E-state index contributed by atoms with van der Waals surface area (Å²) in [5.41, 5.74) is -1.06. The fraction of sp³-hybridized carbons (Fsp3) is 0.545. The lowest BCUT2D eigenvalue weighted by Gasteiger charge is -2.38. The smallest absolute Gasteiger partial charge is 0.412 e. The van der Waals surface area contributed by atoms with Gasteiger partial charge in [-0.3, -0.25) is 9.21 Å². The quantitative estimate of drug-likeness (QED) is 0.486. The number of alkyl halides is 2. The van der Waals surface area contributed by atoms with Crippen LogP contribution in [0.3, 0.4) is 0 Å². The number of aromatic nitrogens is 2. The van der Waals surface area contributed by atoms with Crippen LogP contribution < -0.4 is 18.7 Å². The first-order chi connectivity index (χ1) is 17.5. The molecule has 16 heteroatoms. The number of halogens is 2. The van der Waals surface area contributed by atoms with E-state index >= 15 is 0 Å². The van der Waals surface area contributed by atoms with Crippen molar-refractivity contribution in [3.63, 3.8) is 0 Å². The molecule has 0 unspecified atom stereocenters. The number of carbonyl (C=O) groups is 1. The van der Waals surface area contributed by atoms with Gasteiger partial charge in [0.1, 0.15) is 16.7 Å². The second-order valence-electron chi connectivity index (χ2n) is 10.1. The number of sulfonamides is 2. The van der Waals surface area contributed by atoms with Crippen LogP contribution >= 0.6 is 0 Å². The molecule has 1 aromatic heterocycles. The van der Waals surface area contributed by atoms with Gasteiger partial charge in [0.05, 0.1) is 35.1 Å². The normalized spacial score (nSPS) is 18.3. The number of nitrogens with one attached hydrogen (secondary N) is 1. The summed E-state index contributed by atoms with van der Waals surface area (Å²) >= 11 is 0. The van der Waals surface area contributed by atoms with E-state index in [1.807, 2.05) is 0 Å². The number of rotatable bonds is 8. The van der Waals surface area contributed by atoms with Gasteiger partial charge in [-0.1, -0.05) is 0 Å². The zero-order chi connectivity index (χ0) is 28.2. The first kappa shape index (κ1) is 28.0. The Morgan fingerprint density at radius 3 is 2.45 bits per heavy atom. The van der Waals surface area contributed by atoms with Crippen molar-refractivity contribution in [1.29, 1.82) is 0 Å². The highest BCUT2D eigenvalue weighted by atomic mass is 32.2. The van der Waals surface area contributed by atoms with Gasteiger partial charge >= 0.3 is 12.6 Å². The minimum atomic E-state index is -4.51. The number of amides is 1. The van der Waals surface area contributed by atoms with Gasteiger partial charge in [-0.2, -0.15) is 13.9 Å².